The van der Waals surface area contributed by atoms with Crippen molar-refractivity contribution < 1.29 is 16.8 Å². The Morgan fingerprint density at radius 3 is 1.15 bits per heavy atom. The first-order valence-electron chi connectivity index (χ1n) is 10.4. The molecule has 34 heavy (non-hydrogen) atoms. The molecule has 0 amide bonds. The summed E-state index contributed by atoms with van der Waals surface area (Å²) in [7, 11) is -4.11. The average Bonchev–Trinajstić information content (AvgIpc) is 2.85. The normalized spacial score (nSPS) is 11.9. The zero-order valence-corrected chi connectivity index (χ0v) is 21.3. The van der Waals surface area contributed by atoms with Crippen LogP contribution < -0.4 is 0 Å². The van der Waals surface area contributed by atoms with Gasteiger partial charge >= 0.3 is 0 Å². The van der Waals surface area contributed by atoms with Gasteiger partial charge in [-0.25, -0.2) is 16.8 Å². The number of benzene rings is 4. The Hall–Kier alpha value is -2.52. The van der Waals surface area contributed by atoms with Gasteiger partial charge in [-0.3, -0.25) is 0 Å². The molecule has 0 spiro atoms. The molecule has 0 heterocycles. The van der Waals surface area contributed by atoms with Crippen LogP contribution in [0.5, 0.6) is 0 Å². The van der Waals surface area contributed by atoms with E-state index in [1.54, 1.807) is 60.7 Å². The fraction of sp³-hybridized carbons (Fsp3) is 0.0769. The highest BCUT2D eigenvalue weighted by atomic mass is 33.1. The Labute approximate surface area is 208 Å². The third-order valence-electron chi connectivity index (χ3n) is 5.06. The highest BCUT2D eigenvalue weighted by Crippen LogP contribution is 2.41. The van der Waals surface area contributed by atoms with E-state index in [2.05, 4.69) is 0 Å². The SMILES string of the molecule is O=S(=O)(Cc1ccccc1SSc1ccccc1CS(=O)(=O)c1ccccc1)c1ccccc1. The Kier molecular flexibility index (Phi) is 7.83. The molecule has 0 atom stereocenters. The number of hydrogen-bond donors (Lipinski definition) is 0. The largest absolute Gasteiger partial charge is 0.223 e. The summed E-state index contributed by atoms with van der Waals surface area (Å²) < 4.78 is 51.6. The molecule has 8 heteroatoms. The van der Waals surface area contributed by atoms with E-state index in [-0.39, 0.29) is 11.5 Å². The fourth-order valence-corrected chi connectivity index (χ4v) is 8.77. The number of hydrogen-bond acceptors (Lipinski definition) is 6. The van der Waals surface area contributed by atoms with Crippen molar-refractivity contribution in [2.24, 2.45) is 0 Å². The van der Waals surface area contributed by atoms with Crippen LogP contribution in [0, 0.1) is 0 Å². The molecule has 0 fully saturated rings. The van der Waals surface area contributed by atoms with E-state index < -0.39 is 19.7 Å². The summed E-state index contributed by atoms with van der Waals surface area (Å²) in [6, 6.07) is 31.6. The van der Waals surface area contributed by atoms with Gasteiger partial charge in [0.2, 0.25) is 0 Å². The second-order valence-corrected chi connectivity index (χ2v) is 13.7. The molecule has 0 unspecified atom stereocenters. The van der Waals surface area contributed by atoms with Crippen molar-refractivity contribution in [3.05, 3.63) is 120 Å². The van der Waals surface area contributed by atoms with E-state index in [1.807, 2.05) is 48.5 Å². The third-order valence-corrected chi connectivity index (χ3v) is 11.0. The smallest absolute Gasteiger partial charge is 0.182 e. The second kappa shape index (κ2) is 10.8. The maximum atomic E-state index is 12.9. The van der Waals surface area contributed by atoms with Crippen LogP contribution in [0.15, 0.2) is 129 Å². The third kappa shape index (κ3) is 6.13. The van der Waals surface area contributed by atoms with Crippen molar-refractivity contribution in [1.82, 2.24) is 0 Å². The summed E-state index contributed by atoms with van der Waals surface area (Å²) in [5, 5.41) is 0. The first kappa shape index (κ1) is 24.6. The molecule has 0 aliphatic heterocycles. The van der Waals surface area contributed by atoms with Crippen molar-refractivity contribution in [3.63, 3.8) is 0 Å². The minimum absolute atomic E-state index is 0.106. The van der Waals surface area contributed by atoms with Crippen LogP contribution >= 0.6 is 21.6 Å². The maximum Gasteiger partial charge on any atom is 0.182 e. The van der Waals surface area contributed by atoms with E-state index >= 15 is 0 Å². The van der Waals surface area contributed by atoms with Gasteiger partial charge < -0.3 is 0 Å². The molecule has 0 saturated carbocycles. The standard InChI is InChI=1S/C26H22O4S4/c27-33(28,23-13-3-1-4-14-23)19-21-11-7-9-17-25(21)31-32-26-18-10-8-12-22(26)20-34(29,30)24-15-5-2-6-16-24/h1-18H,19-20H2. The molecule has 4 aromatic rings. The lowest BCUT2D eigenvalue weighted by Gasteiger charge is -2.12. The molecule has 0 saturated heterocycles. The predicted molar refractivity (Wildman–Crippen MR) is 139 cm³/mol. The second-order valence-electron chi connectivity index (χ2n) is 7.53. The van der Waals surface area contributed by atoms with Crippen molar-refractivity contribution >= 4 is 41.3 Å². The van der Waals surface area contributed by atoms with Gasteiger partial charge in [0.05, 0.1) is 21.3 Å². The van der Waals surface area contributed by atoms with Crippen LogP contribution in [0.1, 0.15) is 11.1 Å². The lowest BCUT2D eigenvalue weighted by atomic mass is 10.2. The van der Waals surface area contributed by atoms with Crippen LogP contribution in [-0.4, -0.2) is 16.8 Å². The zero-order valence-electron chi connectivity index (χ0n) is 18.1. The average molecular weight is 527 g/mol. The van der Waals surface area contributed by atoms with Crippen molar-refractivity contribution in [2.45, 2.75) is 31.1 Å². The fourth-order valence-electron chi connectivity index (χ4n) is 3.33. The summed E-state index contributed by atoms with van der Waals surface area (Å²) in [6.45, 7) is 0. The first-order chi connectivity index (χ1) is 16.4. The molecule has 4 aromatic carbocycles. The minimum atomic E-state index is -3.48. The monoisotopic (exact) mass is 526 g/mol. The van der Waals surface area contributed by atoms with Gasteiger partial charge in [-0.1, -0.05) is 94.4 Å². The van der Waals surface area contributed by atoms with Crippen LogP contribution in [0.25, 0.3) is 0 Å². The van der Waals surface area contributed by atoms with E-state index in [1.165, 1.54) is 21.6 Å². The van der Waals surface area contributed by atoms with Gasteiger partial charge in [-0.2, -0.15) is 0 Å². The Bertz CT molecular complexity index is 1350. The molecular weight excluding hydrogens is 505 g/mol. The van der Waals surface area contributed by atoms with Crippen molar-refractivity contribution in [2.75, 3.05) is 0 Å². The lowest BCUT2D eigenvalue weighted by Crippen LogP contribution is -2.06. The summed E-state index contributed by atoms with van der Waals surface area (Å²) in [4.78, 5) is 2.23. The lowest BCUT2D eigenvalue weighted by molar-refractivity contribution is 0.593. The first-order valence-corrected chi connectivity index (χ1v) is 15.9. The topological polar surface area (TPSA) is 68.3 Å². The van der Waals surface area contributed by atoms with E-state index in [0.29, 0.717) is 20.9 Å². The molecule has 0 aromatic heterocycles. The molecule has 4 nitrogen and oxygen atoms in total. The van der Waals surface area contributed by atoms with Gasteiger partial charge in [-0.15, -0.1) is 0 Å². The van der Waals surface area contributed by atoms with Crippen molar-refractivity contribution in [3.8, 4) is 0 Å². The number of sulfone groups is 2. The highest BCUT2D eigenvalue weighted by molar-refractivity contribution is 8.76. The Balaban J connectivity index is 1.54. The van der Waals surface area contributed by atoms with Crippen LogP contribution in [-0.2, 0) is 31.2 Å². The van der Waals surface area contributed by atoms with Crippen LogP contribution in [0.3, 0.4) is 0 Å². The molecule has 0 N–H and O–H groups in total. The van der Waals surface area contributed by atoms with Crippen molar-refractivity contribution in [1.29, 1.82) is 0 Å². The van der Waals surface area contributed by atoms with Gasteiger partial charge in [0.25, 0.3) is 0 Å². The summed E-state index contributed by atoms with van der Waals surface area (Å²) >= 11 is 0. The summed E-state index contributed by atoms with van der Waals surface area (Å²) in [5.41, 5.74) is 1.41. The minimum Gasteiger partial charge on any atom is -0.223 e. The maximum absolute atomic E-state index is 12.9. The molecule has 4 rings (SSSR count). The Morgan fingerprint density at radius 1 is 0.441 bits per heavy atom. The predicted octanol–water partition coefficient (Wildman–Crippen LogP) is 6.43. The molecule has 0 aliphatic rings. The van der Waals surface area contributed by atoms with Gasteiger partial charge in [0.15, 0.2) is 19.7 Å². The van der Waals surface area contributed by atoms with E-state index in [0.717, 1.165) is 9.79 Å². The quantitative estimate of drug-likeness (QED) is 0.234. The highest BCUT2D eigenvalue weighted by Gasteiger charge is 2.19. The molecule has 0 radical (unpaired) electrons. The zero-order chi connectivity index (χ0) is 24.0. The van der Waals surface area contributed by atoms with Gasteiger partial charge in [-0.05, 0) is 47.5 Å². The van der Waals surface area contributed by atoms with E-state index in [4.69, 9.17) is 0 Å². The Morgan fingerprint density at radius 2 is 0.765 bits per heavy atom. The van der Waals surface area contributed by atoms with Gasteiger partial charge in [0.1, 0.15) is 0 Å². The molecule has 174 valence electrons. The molecule has 0 bridgehead atoms. The summed E-state index contributed by atoms with van der Waals surface area (Å²) in [6.07, 6.45) is 0. The van der Waals surface area contributed by atoms with Crippen LogP contribution in [0.4, 0.5) is 0 Å². The van der Waals surface area contributed by atoms with Crippen LogP contribution in [0.2, 0.25) is 0 Å². The van der Waals surface area contributed by atoms with E-state index in [9.17, 15) is 16.8 Å². The molecular formula is C26H22O4S4. The molecule has 0 aliphatic carbocycles. The van der Waals surface area contributed by atoms with Gasteiger partial charge in [0, 0.05) is 9.79 Å². The number of rotatable bonds is 9. The summed E-state index contributed by atoms with van der Waals surface area (Å²) in [5.74, 6) is -0.213.